The highest BCUT2D eigenvalue weighted by Crippen LogP contribution is 2.20. The summed E-state index contributed by atoms with van der Waals surface area (Å²) in [5.74, 6) is -0.0646. The molecule has 4 nitrogen and oxygen atoms in total. The van der Waals surface area contributed by atoms with Crippen LogP contribution in [0.3, 0.4) is 0 Å². The first-order chi connectivity index (χ1) is 10.5. The normalized spacial score (nSPS) is 10.9. The number of aryl methyl sites for hydroxylation is 2. The maximum Gasteiger partial charge on any atom is 0.246 e. The van der Waals surface area contributed by atoms with Crippen molar-refractivity contribution in [1.29, 1.82) is 0 Å². The van der Waals surface area contributed by atoms with Crippen LogP contribution in [0.2, 0.25) is 0 Å². The minimum Gasteiger partial charge on any atom is -0.507 e. The summed E-state index contributed by atoms with van der Waals surface area (Å²) in [6.45, 7) is 3.90. The molecule has 0 aromatic heterocycles. The molecular weight excluding hydrogens is 344 g/mol. The molecule has 0 saturated heterocycles. The molecule has 0 radical (unpaired) electrons. The third kappa shape index (κ3) is 4.18. The number of nitrogens with one attached hydrogen (secondary N) is 1. The standard InChI is InChI=1S/C17H17BrN2O2/c1-11-4-3-5-12(2)17(11)20-16(22)10-19-9-13-8-14(18)6-7-15(13)21/h3-9,21H,10H2,1-2H3,(H,20,22). The largest absolute Gasteiger partial charge is 0.507 e. The third-order valence-corrected chi connectivity index (χ3v) is 3.69. The van der Waals surface area contributed by atoms with Gasteiger partial charge >= 0.3 is 0 Å². The van der Waals surface area contributed by atoms with Gasteiger partial charge in [0.05, 0.1) is 0 Å². The van der Waals surface area contributed by atoms with E-state index < -0.39 is 0 Å². The highest BCUT2D eigenvalue weighted by molar-refractivity contribution is 9.10. The molecular formula is C17H17BrN2O2. The summed E-state index contributed by atoms with van der Waals surface area (Å²) in [5, 5.41) is 12.6. The van der Waals surface area contributed by atoms with Crippen molar-refractivity contribution in [2.24, 2.45) is 4.99 Å². The second-order valence-corrected chi connectivity index (χ2v) is 5.90. The minimum atomic E-state index is -0.192. The number of hydrogen-bond acceptors (Lipinski definition) is 3. The predicted molar refractivity (Wildman–Crippen MR) is 92.8 cm³/mol. The van der Waals surface area contributed by atoms with E-state index in [2.05, 4.69) is 26.2 Å². The summed E-state index contributed by atoms with van der Waals surface area (Å²) in [6, 6.07) is 10.9. The molecule has 2 N–H and O–H groups in total. The van der Waals surface area contributed by atoms with Gasteiger partial charge in [-0.15, -0.1) is 0 Å². The van der Waals surface area contributed by atoms with Crippen LogP contribution in [0.5, 0.6) is 5.75 Å². The topological polar surface area (TPSA) is 61.7 Å². The van der Waals surface area contributed by atoms with E-state index in [1.807, 2.05) is 32.0 Å². The molecule has 0 heterocycles. The lowest BCUT2D eigenvalue weighted by Gasteiger charge is -2.10. The monoisotopic (exact) mass is 360 g/mol. The van der Waals surface area contributed by atoms with Crippen LogP contribution in [0.1, 0.15) is 16.7 Å². The Balaban J connectivity index is 2.01. The maximum absolute atomic E-state index is 12.0. The Kier molecular flexibility index (Phi) is 5.33. The molecule has 0 atom stereocenters. The Labute approximate surface area is 138 Å². The van der Waals surface area contributed by atoms with Gasteiger partial charge in [0.1, 0.15) is 12.3 Å². The lowest BCUT2D eigenvalue weighted by atomic mass is 10.1. The van der Waals surface area contributed by atoms with Gasteiger partial charge < -0.3 is 10.4 Å². The number of aliphatic imine (C=N–C) groups is 1. The Bertz CT molecular complexity index is 706. The molecule has 0 saturated carbocycles. The van der Waals surface area contributed by atoms with E-state index in [1.165, 1.54) is 6.21 Å². The smallest absolute Gasteiger partial charge is 0.246 e. The number of hydrogen-bond donors (Lipinski definition) is 2. The number of aromatic hydroxyl groups is 1. The van der Waals surface area contributed by atoms with Crippen molar-refractivity contribution in [2.75, 3.05) is 11.9 Å². The van der Waals surface area contributed by atoms with Crippen LogP contribution in [0.25, 0.3) is 0 Å². The van der Waals surface area contributed by atoms with Gasteiger partial charge in [-0.1, -0.05) is 34.1 Å². The first-order valence-corrected chi connectivity index (χ1v) is 7.61. The van der Waals surface area contributed by atoms with Gasteiger partial charge in [0.2, 0.25) is 5.91 Å². The van der Waals surface area contributed by atoms with Gasteiger partial charge in [0.25, 0.3) is 0 Å². The average molecular weight is 361 g/mol. The number of rotatable bonds is 4. The van der Waals surface area contributed by atoms with Crippen LogP contribution < -0.4 is 5.32 Å². The second kappa shape index (κ2) is 7.22. The van der Waals surface area contributed by atoms with Crippen molar-refractivity contribution >= 4 is 33.7 Å². The highest BCUT2D eigenvalue weighted by atomic mass is 79.9. The van der Waals surface area contributed by atoms with Crippen molar-refractivity contribution in [3.63, 3.8) is 0 Å². The first kappa shape index (κ1) is 16.2. The van der Waals surface area contributed by atoms with Crippen LogP contribution in [-0.4, -0.2) is 23.8 Å². The number of phenols is 1. The SMILES string of the molecule is Cc1cccc(C)c1NC(=O)CN=Cc1cc(Br)ccc1O. The lowest BCUT2D eigenvalue weighted by Crippen LogP contribution is -2.16. The number of amides is 1. The quantitative estimate of drug-likeness (QED) is 0.813. The van der Waals surface area contributed by atoms with Crippen molar-refractivity contribution in [3.05, 3.63) is 57.6 Å². The molecule has 2 rings (SSSR count). The molecule has 0 aliphatic heterocycles. The van der Waals surface area contributed by atoms with E-state index in [9.17, 15) is 9.90 Å². The fourth-order valence-electron chi connectivity index (χ4n) is 2.05. The lowest BCUT2D eigenvalue weighted by molar-refractivity contribution is -0.114. The van der Waals surface area contributed by atoms with E-state index in [0.29, 0.717) is 5.56 Å². The summed E-state index contributed by atoms with van der Waals surface area (Å²) in [6.07, 6.45) is 1.49. The molecule has 2 aromatic carbocycles. The molecule has 5 heteroatoms. The fraction of sp³-hybridized carbons (Fsp3) is 0.176. The maximum atomic E-state index is 12.0. The van der Waals surface area contributed by atoms with Gasteiger partial charge in [-0.2, -0.15) is 0 Å². The zero-order chi connectivity index (χ0) is 16.1. The van der Waals surface area contributed by atoms with Crippen LogP contribution >= 0.6 is 15.9 Å². The summed E-state index contributed by atoms with van der Waals surface area (Å²) < 4.78 is 0.840. The number of benzene rings is 2. The highest BCUT2D eigenvalue weighted by Gasteiger charge is 2.06. The zero-order valence-electron chi connectivity index (χ0n) is 12.4. The second-order valence-electron chi connectivity index (χ2n) is 4.99. The average Bonchev–Trinajstić information content (AvgIpc) is 2.47. The van der Waals surface area contributed by atoms with Crippen LogP contribution in [-0.2, 0) is 4.79 Å². The van der Waals surface area contributed by atoms with Crippen molar-refractivity contribution in [2.45, 2.75) is 13.8 Å². The Morgan fingerprint density at radius 1 is 1.27 bits per heavy atom. The van der Waals surface area contributed by atoms with Crippen LogP contribution in [0.4, 0.5) is 5.69 Å². The molecule has 0 fully saturated rings. The minimum absolute atomic E-state index is 0.000270. The molecule has 1 amide bonds. The molecule has 0 aliphatic carbocycles. The van der Waals surface area contributed by atoms with E-state index >= 15 is 0 Å². The number of para-hydroxylation sites is 1. The Hall–Kier alpha value is -2.14. The number of carbonyl (C=O) groups is 1. The number of halogens is 1. The number of anilines is 1. The molecule has 0 unspecified atom stereocenters. The zero-order valence-corrected chi connectivity index (χ0v) is 14.0. The van der Waals surface area contributed by atoms with Gasteiger partial charge in [0.15, 0.2) is 0 Å². The van der Waals surface area contributed by atoms with Crippen LogP contribution in [0, 0.1) is 13.8 Å². The van der Waals surface area contributed by atoms with E-state index in [0.717, 1.165) is 21.3 Å². The summed E-state index contributed by atoms with van der Waals surface area (Å²) >= 11 is 3.33. The Morgan fingerprint density at radius 3 is 2.64 bits per heavy atom. The Morgan fingerprint density at radius 2 is 1.95 bits per heavy atom. The number of carbonyl (C=O) groups excluding carboxylic acids is 1. The van der Waals surface area contributed by atoms with Gasteiger partial charge in [0, 0.05) is 21.9 Å². The molecule has 2 aromatic rings. The van der Waals surface area contributed by atoms with Crippen molar-refractivity contribution < 1.29 is 9.90 Å². The summed E-state index contributed by atoms with van der Waals surface area (Å²) in [5.41, 5.74) is 3.42. The molecule has 0 spiro atoms. The summed E-state index contributed by atoms with van der Waals surface area (Å²) in [7, 11) is 0. The van der Waals surface area contributed by atoms with Crippen molar-refractivity contribution in [3.8, 4) is 5.75 Å². The van der Waals surface area contributed by atoms with Crippen LogP contribution in [0.15, 0.2) is 45.9 Å². The van der Waals surface area contributed by atoms with Crippen molar-refractivity contribution in [1.82, 2.24) is 0 Å². The molecule has 114 valence electrons. The molecule has 22 heavy (non-hydrogen) atoms. The van der Waals surface area contributed by atoms with Gasteiger partial charge in [-0.3, -0.25) is 9.79 Å². The van der Waals surface area contributed by atoms with Gasteiger partial charge in [-0.25, -0.2) is 0 Å². The number of phenolic OH excluding ortho intramolecular Hbond substituents is 1. The molecule has 0 aliphatic rings. The number of nitrogens with zero attached hydrogens (tertiary/aromatic N) is 1. The van der Waals surface area contributed by atoms with E-state index in [-0.39, 0.29) is 18.2 Å². The fourth-order valence-corrected chi connectivity index (χ4v) is 2.43. The molecule has 0 bridgehead atoms. The summed E-state index contributed by atoms with van der Waals surface area (Å²) in [4.78, 5) is 16.0. The van der Waals surface area contributed by atoms with E-state index in [1.54, 1.807) is 18.2 Å². The van der Waals surface area contributed by atoms with E-state index in [4.69, 9.17) is 0 Å². The van der Waals surface area contributed by atoms with Gasteiger partial charge in [-0.05, 0) is 43.2 Å². The first-order valence-electron chi connectivity index (χ1n) is 6.82. The third-order valence-electron chi connectivity index (χ3n) is 3.20. The predicted octanol–water partition coefficient (Wildman–Crippen LogP) is 3.83.